The SMILES string of the molecule is Cc1ccc(C2CC(N)CN(C(=O)C3CCCCC3)C2)cc1C. The lowest BCUT2D eigenvalue weighted by Crippen LogP contribution is -2.50. The fourth-order valence-corrected chi connectivity index (χ4v) is 4.19. The molecule has 1 aliphatic heterocycles. The summed E-state index contributed by atoms with van der Waals surface area (Å²) in [6, 6.07) is 6.79. The molecule has 1 saturated carbocycles. The van der Waals surface area contributed by atoms with Gasteiger partial charge in [-0.05, 0) is 49.8 Å². The molecule has 2 N–H and O–H groups in total. The van der Waals surface area contributed by atoms with Crippen molar-refractivity contribution < 1.29 is 4.79 Å². The van der Waals surface area contributed by atoms with Crippen molar-refractivity contribution in [3.05, 3.63) is 34.9 Å². The zero-order chi connectivity index (χ0) is 16.4. The first-order valence-corrected chi connectivity index (χ1v) is 9.16. The van der Waals surface area contributed by atoms with Crippen molar-refractivity contribution in [3.63, 3.8) is 0 Å². The molecule has 0 aromatic heterocycles. The summed E-state index contributed by atoms with van der Waals surface area (Å²) in [5.41, 5.74) is 10.3. The molecule has 1 aromatic carbocycles. The first kappa shape index (κ1) is 16.5. The maximum Gasteiger partial charge on any atom is 0.225 e. The zero-order valence-corrected chi connectivity index (χ0v) is 14.6. The molecule has 0 bridgehead atoms. The number of amides is 1. The van der Waals surface area contributed by atoms with Crippen LogP contribution in [-0.4, -0.2) is 29.9 Å². The van der Waals surface area contributed by atoms with E-state index >= 15 is 0 Å². The second-order valence-corrected chi connectivity index (χ2v) is 7.61. The van der Waals surface area contributed by atoms with Crippen LogP contribution in [0.5, 0.6) is 0 Å². The lowest BCUT2D eigenvalue weighted by atomic mass is 9.84. The van der Waals surface area contributed by atoms with Gasteiger partial charge in [-0.2, -0.15) is 0 Å². The number of nitrogens with two attached hydrogens (primary N) is 1. The van der Waals surface area contributed by atoms with Gasteiger partial charge in [-0.1, -0.05) is 37.5 Å². The molecule has 1 heterocycles. The molecule has 3 nitrogen and oxygen atoms in total. The van der Waals surface area contributed by atoms with E-state index in [0.717, 1.165) is 32.4 Å². The van der Waals surface area contributed by atoms with Crippen LogP contribution in [0.2, 0.25) is 0 Å². The molecule has 126 valence electrons. The molecule has 2 atom stereocenters. The van der Waals surface area contributed by atoms with Crippen molar-refractivity contribution in [1.82, 2.24) is 4.90 Å². The fraction of sp³-hybridized carbons (Fsp3) is 0.650. The van der Waals surface area contributed by atoms with Crippen LogP contribution in [0.15, 0.2) is 18.2 Å². The average molecular weight is 314 g/mol. The second kappa shape index (κ2) is 7.04. The van der Waals surface area contributed by atoms with Gasteiger partial charge in [-0.25, -0.2) is 0 Å². The van der Waals surface area contributed by atoms with Gasteiger partial charge in [0.25, 0.3) is 0 Å². The van der Waals surface area contributed by atoms with Crippen LogP contribution in [-0.2, 0) is 4.79 Å². The van der Waals surface area contributed by atoms with E-state index in [1.54, 1.807) is 0 Å². The summed E-state index contributed by atoms with van der Waals surface area (Å²) in [5, 5.41) is 0. The van der Waals surface area contributed by atoms with Crippen LogP contribution in [0.25, 0.3) is 0 Å². The maximum absolute atomic E-state index is 12.9. The highest BCUT2D eigenvalue weighted by atomic mass is 16.2. The summed E-state index contributed by atoms with van der Waals surface area (Å²) in [7, 11) is 0. The first-order chi connectivity index (χ1) is 11.0. The maximum atomic E-state index is 12.9. The van der Waals surface area contributed by atoms with Gasteiger partial charge in [-0.15, -0.1) is 0 Å². The van der Waals surface area contributed by atoms with Crippen molar-refractivity contribution in [3.8, 4) is 0 Å². The van der Waals surface area contributed by atoms with E-state index in [-0.39, 0.29) is 12.0 Å². The predicted octanol–water partition coefficient (Wildman–Crippen LogP) is 3.53. The molecule has 1 aliphatic carbocycles. The molecule has 23 heavy (non-hydrogen) atoms. The fourth-order valence-electron chi connectivity index (χ4n) is 4.19. The van der Waals surface area contributed by atoms with Gasteiger partial charge in [0.15, 0.2) is 0 Å². The third-order valence-corrected chi connectivity index (χ3v) is 5.75. The highest BCUT2D eigenvalue weighted by molar-refractivity contribution is 5.79. The number of piperidine rings is 1. The van der Waals surface area contributed by atoms with Crippen LogP contribution in [0.4, 0.5) is 0 Å². The van der Waals surface area contributed by atoms with Crippen LogP contribution in [0.1, 0.15) is 61.1 Å². The van der Waals surface area contributed by atoms with E-state index in [4.69, 9.17) is 5.73 Å². The molecule has 1 saturated heterocycles. The van der Waals surface area contributed by atoms with Crippen molar-refractivity contribution in [2.75, 3.05) is 13.1 Å². The first-order valence-electron chi connectivity index (χ1n) is 9.16. The predicted molar refractivity (Wildman–Crippen MR) is 94.4 cm³/mol. The number of likely N-dealkylation sites (tertiary alicyclic amines) is 1. The number of nitrogens with zero attached hydrogens (tertiary/aromatic N) is 1. The van der Waals surface area contributed by atoms with Gasteiger partial charge in [0.05, 0.1) is 0 Å². The van der Waals surface area contributed by atoms with Gasteiger partial charge in [-0.3, -0.25) is 4.79 Å². The topological polar surface area (TPSA) is 46.3 Å². The van der Waals surface area contributed by atoms with Crippen molar-refractivity contribution in [2.45, 2.75) is 64.3 Å². The minimum Gasteiger partial charge on any atom is -0.340 e. The number of aryl methyl sites for hydroxylation is 2. The van der Waals surface area contributed by atoms with E-state index in [1.165, 1.54) is 36.0 Å². The number of carbonyl (C=O) groups is 1. The van der Waals surface area contributed by atoms with Crippen LogP contribution in [0, 0.1) is 19.8 Å². The van der Waals surface area contributed by atoms with Gasteiger partial charge in [0.1, 0.15) is 0 Å². The Labute approximate surface area is 140 Å². The normalized spacial score (nSPS) is 26.3. The Morgan fingerprint density at radius 3 is 2.52 bits per heavy atom. The van der Waals surface area contributed by atoms with Gasteiger partial charge in [0.2, 0.25) is 5.91 Å². The Kier molecular flexibility index (Phi) is 5.05. The molecule has 0 radical (unpaired) electrons. The second-order valence-electron chi connectivity index (χ2n) is 7.61. The lowest BCUT2D eigenvalue weighted by Gasteiger charge is -2.39. The molecule has 0 spiro atoms. The molecule has 2 unspecified atom stereocenters. The molecule has 3 rings (SSSR count). The summed E-state index contributed by atoms with van der Waals surface area (Å²) in [4.78, 5) is 14.9. The molecular weight excluding hydrogens is 284 g/mol. The zero-order valence-electron chi connectivity index (χ0n) is 14.6. The van der Waals surface area contributed by atoms with Crippen LogP contribution >= 0.6 is 0 Å². The molecule has 2 aliphatic rings. The monoisotopic (exact) mass is 314 g/mol. The van der Waals surface area contributed by atoms with E-state index in [9.17, 15) is 4.79 Å². The van der Waals surface area contributed by atoms with Crippen molar-refractivity contribution in [1.29, 1.82) is 0 Å². The summed E-state index contributed by atoms with van der Waals surface area (Å²) >= 11 is 0. The highest BCUT2D eigenvalue weighted by Crippen LogP contribution is 2.31. The smallest absolute Gasteiger partial charge is 0.225 e. The summed E-state index contributed by atoms with van der Waals surface area (Å²) < 4.78 is 0. The van der Waals surface area contributed by atoms with Gasteiger partial charge in [0, 0.05) is 31.0 Å². The van der Waals surface area contributed by atoms with Gasteiger partial charge >= 0.3 is 0 Å². The lowest BCUT2D eigenvalue weighted by molar-refractivity contribution is -0.138. The van der Waals surface area contributed by atoms with Gasteiger partial charge < -0.3 is 10.6 Å². The van der Waals surface area contributed by atoms with Crippen LogP contribution < -0.4 is 5.73 Å². The number of benzene rings is 1. The van der Waals surface area contributed by atoms with E-state index < -0.39 is 0 Å². The molecule has 3 heteroatoms. The van der Waals surface area contributed by atoms with Crippen molar-refractivity contribution >= 4 is 5.91 Å². The number of hydrogen-bond acceptors (Lipinski definition) is 2. The summed E-state index contributed by atoms with van der Waals surface area (Å²) in [5.74, 6) is 0.980. The summed E-state index contributed by atoms with van der Waals surface area (Å²) in [6.45, 7) is 5.87. The third-order valence-electron chi connectivity index (χ3n) is 5.75. The number of hydrogen-bond donors (Lipinski definition) is 1. The Bertz CT molecular complexity index is 563. The minimum atomic E-state index is 0.0999. The Morgan fingerprint density at radius 1 is 1.09 bits per heavy atom. The number of rotatable bonds is 2. The van der Waals surface area contributed by atoms with E-state index in [1.807, 2.05) is 0 Å². The largest absolute Gasteiger partial charge is 0.340 e. The average Bonchev–Trinajstić information content (AvgIpc) is 2.57. The Balaban J connectivity index is 1.73. The Hall–Kier alpha value is -1.35. The highest BCUT2D eigenvalue weighted by Gasteiger charge is 2.33. The molecule has 1 aromatic rings. The third kappa shape index (κ3) is 3.77. The van der Waals surface area contributed by atoms with E-state index in [2.05, 4.69) is 36.9 Å². The van der Waals surface area contributed by atoms with Crippen LogP contribution in [0.3, 0.4) is 0 Å². The van der Waals surface area contributed by atoms with Crippen molar-refractivity contribution in [2.24, 2.45) is 11.7 Å². The quantitative estimate of drug-likeness (QED) is 0.908. The molecular formula is C20H30N2O. The summed E-state index contributed by atoms with van der Waals surface area (Å²) in [6.07, 6.45) is 6.82. The number of carbonyl (C=O) groups excluding carboxylic acids is 1. The Morgan fingerprint density at radius 2 is 1.83 bits per heavy atom. The van der Waals surface area contributed by atoms with E-state index in [0.29, 0.717) is 11.8 Å². The minimum absolute atomic E-state index is 0.0999. The molecule has 1 amide bonds. The standard InChI is InChI=1S/C20H30N2O/c1-14-8-9-17(10-15(14)2)18-11-19(21)13-22(12-18)20(23)16-6-4-3-5-7-16/h8-10,16,18-19H,3-7,11-13,21H2,1-2H3. The molecule has 2 fully saturated rings.